The van der Waals surface area contributed by atoms with E-state index in [-0.39, 0.29) is 17.1 Å². The average Bonchev–Trinajstić information content (AvgIpc) is 2.70. The standard InChI is InChI=1S/C19H20N4O5S/c1-22(2)29(26,27)13-8-9-17(28-3)15(10-13)21-18(24)12-23-16-7-5-4-6-14(16)20-11-19(23)25/h4-11H,12H2,1-3H3,(H,21,24). The Hall–Kier alpha value is -3.24. The van der Waals surface area contributed by atoms with E-state index in [1.54, 1.807) is 24.3 Å². The lowest BCUT2D eigenvalue weighted by Crippen LogP contribution is -2.28. The number of nitrogens with zero attached hydrogens (tertiary/aromatic N) is 3. The van der Waals surface area contributed by atoms with Gasteiger partial charge < -0.3 is 10.1 Å². The summed E-state index contributed by atoms with van der Waals surface area (Å²) in [6.07, 6.45) is 1.15. The topological polar surface area (TPSA) is 111 Å². The van der Waals surface area contributed by atoms with Crippen LogP contribution >= 0.6 is 0 Å². The van der Waals surface area contributed by atoms with Gasteiger partial charge in [0.2, 0.25) is 15.9 Å². The molecule has 1 amide bonds. The summed E-state index contributed by atoms with van der Waals surface area (Å²) in [7, 11) is 0.548. The second kappa shape index (κ2) is 8.02. The number of amides is 1. The molecule has 152 valence electrons. The number of aromatic nitrogens is 2. The van der Waals surface area contributed by atoms with Crippen LogP contribution in [0.5, 0.6) is 5.75 Å². The Morgan fingerprint density at radius 2 is 1.93 bits per heavy atom. The Balaban J connectivity index is 1.94. The second-order valence-corrected chi connectivity index (χ2v) is 8.52. The lowest BCUT2D eigenvalue weighted by Gasteiger charge is -2.15. The van der Waals surface area contributed by atoms with E-state index in [0.29, 0.717) is 16.8 Å². The first-order valence-corrected chi connectivity index (χ1v) is 10.0. The van der Waals surface area contributed by atoms with Crippen molar-refractivity contribution >= 4 is 32.7 Å². The largest absolute Gasteiger partial charge is 0.495 e. The van der Waals surface area contributed by atoms with Gasteiger partial charge in [0.05, 0.1) is 34.9 Å². The van der Waals surface area contributed by atoms with Crippen LogP contribution in [0.15, 0.2) is 58.4 Å². The predicted octanol–water partition coefficient (Wildman–Crippen LogP) is 1.29. The van der Waals surface area contributed by atoms with E-state index >= 15 is 0 Å². The summed E-state index contributed by atoms with van der Waals surface area (Å²) in [4.78, 5) is 28.9. The number of methoxy groups -OCH3 is 1. The summed E-state index contributed by atoms with van der Waals surface area (Å²) in [5, 5.41) is 2.63. The number of carbonyl (C=O) groups excluding carboxylic acids is 1. The van der Waals surface area contributed by atoms with Gasteiger partial charge in [-0.25, -0.2) is 17.7 Å². The van der Waals surface area contributed by atoms with E-state index in [9.17, 15) is 18.0 Å². The molecule has 0 spiro atoms. The Bertz CT molecular complexity index is 1230. The molecule has 0 aliphatic heterocycles. The van der Waals surface area contributed by atoms with Crippen molar-refractivity contribution < 1.29 is 17.9 Å². The minimum absolute atomic E-state index is 0.00475. The van der Waals surface area contributed by atoms with Gasteiger partial charge in [0.25, 0.3) is 5.56 Å². The molecule has 0 atom stereocenters. The minimum atomic E-state index is -3.69. The van der Waals surface area contributed by atoms with Gasteiger partial charge in [-0.1, -0.05) is 12.1 Å². The Labute approximate surface area is 167 Å². The molecular formula is C19H20N4O5S. The van der Waals surface area contributed by atoms with Gasteiger partial charge in [0, 0.05) is 14.1 Å². The van der Waals surface area contributed by atoms with E-state index in [4.69, 9.17) is 4.74 Å². The number of sulfonamides is 1. The number of nitrogens with one attached hydrogen (secondary N) is 1. The molecule has 1 N–H and O–H groups in total. The van der Waals surface area contributed by atoms with Gasteiger partial charge in [-0.15, -0.1) is 0 Å². The van der Waals surface area contributed by atoms with Crippen LogP contribution in [0.25, 0.3) is 11.0 Å². The van der Waals surface area contributed by atoms with Crippen LogP contribution in [-0.2, 0) is 21.4 Å². The van der Waals surface area contributed by atoms with Crippen molar-refractivity contribution in [2.24, 2.45) is 0 Å². The number of ether oxygens (including phenoxy) is 1. The fraction of sp³-hybridized carbons (Fsp3) is 0.211. The van der Waals surface area contributed by atoms with Gasteiger partial charge in [-0.2, -0.15) is 0 Å². The average molecular weight is 416 g/mol. The molecule has 0 aliphatic carbocycles. The fourth-order valence-electron chi connectivity index (χ4n) is 2.77. The number of hydrogen-bond donors (Lipinski definition) is 1. The first-order chi connectivity index (χ1) is 13.7. The van der Waals surface area contributed by atoms with Gasteiger partial charge in [-0.3, -0.25) is 14.2 Å². The first-order valence-electron chi connectivity index (χ1n) is 8.59. The van der Waals surface area contributed by atoms with Crippen LogP contribution in [0.2, 0.25) is 0 Å². The third-order valence-electron chi connectivity index (χ3n) is 4.28. The molecule has 29 heavy (non-hydrogen) atoms. The lowest BCUT2D eigenvalue weighted by molar-refractivity contribution is -0.116. The van der Waals surface area contributed by atoms with Crippen molar-refractivity contribution in [3.63, 3.8) is 0 Å². The highest BCUT2D eigenvalue weighted by molar-refractivity contribution is 7.89. The SMILES string of the molecule is COc1ccc(S(=O)(=O)N(C)C)cc1NC(=O)Cn1c(=O)cnc2ccccc21. The normalized spacial score (nSPS) is 11.6. The molecule has 0 saturated carbocycles. The van der Waals surface area contributed by atoms with E-state index < -0.39 is 21.5 Å². The number of benzene rings is 2. The van der Waals surface area contributed by atoms with Crippen LogP contribution in [0, 0.1) is 0 Å². The highest BCUT2D eigenvalue weighted by Crippen LogP contribution is 2.28. The molecule has 0 unspecified atom stereocenters. The van der Waals surface area contributed by atoms with Gasteiger partial charge >= 0.3 is 0 Å². The molecule has 0 fully saturated rings. The summed E-state index contributed by atoms with van der Waals surface area (Å²) in [6.45, 7) is -0.268. The van der Waals surface area contributed by atoms with Crippen molar-refractivity contribution in [1.82, 2.24) is 13.9 Å². The van der Waals surface area contributed by atoms with Crippen LogP contribution in [0.1, 0.15) is 0 Å². The van der Waals surface area contributed by atoms with E-state index in [1.807, 2.05) is 0 Å². The molecule has 0 radical (unpaired) electrons. The Kier molecular flexibility index (Phi) is 5.66. The van der Waals surface area contributed by atoms with E-state index in [0.717, 1.165) is 10.5 Å². The van der Waals surface area contributed by atoms with Crippen LogP contribution in [0.4, 0.5) is 5.69 Å². The minimum Gasteiger partial charge on any atom is -0.495 e. The first kappa shape index (κ1) is 20.5. The van der Waals surface area contributed by atoms with E-state index in [2.05, 4.69) is 10.3 Å². The van der Waals surface area contributed by atoms with Crippen molar-refractivity contribution in [2.45, 2.75) is 11.4 Å². The molecule has 1 heterocycles. The molecule has 9 nitrogen and oxygen atoms in total. The molecule has 0 bridgehead atoms. The summed E-state index contributed by atoms with van der Waals surface area (Å²) in [6, 6.07) is 11.1. The third-order valence-corrected chi connectivity index (χ3v) is 6.09. The third kappa shape index (κ3) is 4.13. The number of fused-ring (bicyclic) bond motifs is 1. The summed E-state index contributed by atoms with van der Waals surface area (Å²) < 4.78 is 32.3. The van der Waals surface area contributed by atoms with Crippen molar-refractivity contribution in [3.8, 4) is 5.75 Å². The molecular weight excluding hydrogens is 396 g/mol. The smallest absolute Gasteiger partial charge is 0.269 e. The second-order valence-electron chi connectivity index (χ2n) is 6.37. The number of rotatable bonds is 6. The van der Waals surface area contributed by atoms with Gasteiger partial charge in [0.1, 0.15) is 12.3 Å². The van der Waals surface area contributed by atoms with Crippen LogP contribution in [-0.4, -0.2) is 49.4 Å². The van der Waals surface area contributed by atoms with Crippen molar-refractivity contribution in [3.05, 3.63) is 59.0 Å². The number of anilines is 1. The molecule has 3 aromatic rings. The molecule has 2 aromatic carbocycles. The zero-order valence-corrected chi connectivity index (χ0v) is 16.9. The maximum absolute atomic E-state index is 12.6. The number of hydrogen-bond acceptors (Lipinski definition) is 6. The molecule has 3 rings (SSSR count). The Morgan fingerprint density at radius 1 is 1.21 bits per heavy atom. The Morgan fingerprint density at radius 3 is 2.62 bits per heavy atom. The monoisotopic (exact) mass is 416 g/mol. The molecule has 0 saturated heterocycles. The van der Waals surface area contributed by atoms with E-state index in [1.165, 1.54) is 44.0 Å². The van der Waals surface area contributed by atoms with Crippen LogP contribution in [0.3, 0.4) is 0 Å². The zero-order valence-electron chi connectivity index (χ0n) is 16.1. The summed E-state index contributed by atoms with van der Waals surface area (Å²) in [5.74, 6) is -0.218. The fourth-order valence-corrected chi connectivity index (χ4v) is 3.70. The van der Waals surface area contributed by atoms with Gasteiger partial charge in [-0.05, 0) is 30.3 Å². The maximum atomic E-state index is 12.6. The highest BCUT2D eigenvalue weighted by Gasteiger charge is 2.20. The van der Waals surface area contributed by atoms with Crippen molar-refractivity contribution in [1.29, 1.82) is 0 Å². The van der Waals surface area contributed by atoms with Crippen LogP contribution < -0.4 is 15.6 Å². The molecule has 1 aromatic heterocycles. The maximum Gasteiger partial charge on any atom is 0.269 e. The quantitative estimate of drug-likeness (QED) is 0.648. The number of para-hydroxylation sites is 2. The van der Waals surface area contributed by atoms with Gasteiger partial charge in [0.15, 0.2) is 0 Å². The van der Waals surface area contributed by atoms with Crippen molar-refractivity contribution in [2.75, 3.05) is 26.5 Å². The molecule has 10 heteroatoms. The molecule has 0 aliphatic rings. The number of carbonyl (C=O) groups is 1. The zero-order chi connectivity index (χ0) is 21.2. The summed E-state index contributed by atoms with van der Waals surface area (Å²) >= 11 is 0. The lowest BCUT2D eigenvalue weighted by atomic mass is 10.2. The highest BCUT2D eigenvalue weighted by atomic mass is 32.2. The summed E-state index contributed by atoms with van der Waals surface area (Å²) in [5.41, 5.74) is 0.865. The predicted molar refractivity (Wildman–Crippen MR) is 108 cm³/mol.